The molecule has 0 saturated carbocycles. The maximum atomic E-state index is 5.62. The Labute approximate surface area is 192 Å². The minimum absolute atomic E-state index is 0.237. The Bertz CT molecular complexity index is 515. The van der Waals surface area contributed by atoms with E-state index in [1.165, 1.54) is 0 Å². The van der Waals surface area contributed by atoms with Gasteiger partial charge in [0.15, 0.2) is 0 Å². The second-order valence-electron chi connectivity index (χ2n) is 7.01. The van der Waals surface area contributed by atoms with Gasteiger partial charge < -0.3 is 43.6 Å². The molecule has 186 valence electrons. The standard InChI is InChI=1S/C23H41NO8/c1-21(2)31-19-17-29-15-13-27-11-9-25-7-8-26-10-12-28-14-16-30-18-20-32-23-5-3-22(24)4-6-23/h3-6,21H,7-20,24H2,1-2H3. The Balaban J connectivity index is 1.68. The molecular formula is C23H41NO8. The Kier molecular flexibility index (Phi) is 19.1. The molecule has 0 unspecified atom stereocenters. The number of ether oxygens (including phenoxy) is 8. The molecule has 0 saturated heterocycles. The first-order chi connectivity index (χ1) is 15.7. The molecule has 0 spiro atoms. The van der Waals surface area contributed by atoms with Crippen LogP contribution in [0.3, 0.4) is 0 Å². The van der Waals surface area contributed by atoms with Crippen LogP contribution in [0.1, 0.15) is 13.8 Å². The van der Waals surface area contributed by atoms with Gasteiger partial charge in [-0.1, -0.05) is 0 Å². The maximum absolute atomic E-state index is 5.62. The van der Waals surface area contributed by atoms with E-state index in [1.54, 1.807) is 12.1 Å². The normalized spacial score (nSPS) is 11.3. The second-order valence-corrected chi connectivity index (χ2v) is 7.01. The van der Waals surface area contributed by atoms with Gasteiger partial charge in [0, 0.05) is 5.69 Å². The minimum Gasteiger partial charge on any atom is -0.491 e. The van der Waals surface area contributed by atoms with E-state index in [2.05, 4.69) is 0 Å². The summed E-state index contributed by atoms with van der Waals surface area (Å²) in [6.07, 6.45) is 0.237. The summed E-state index contributed by atoms with van der Waals surface area (Å²) in [5, 5.41) is 0. The van der Waals surface area contributed by atoms with Gasteiger partial charge in [0.2, 0.25) is 0 Å². The number of anilines is 1. The van der Waals surface area contributed by atoms with E-state index in [9.17, 15) is 0 Å². The fraction of sp³-hybridized carbons (Fsp3) is 0.739. The number of nitrogen functional groups attached to an aromatic ring is 1. The SMILES string of the molecule is CC(C)OCCOCCOCCOCCOCCOCCOCCOc1ccc(N)cc1. The molecule has 0 bridgehead atoms. The molecule has 0 aliphatic rings. The summed E-state index contributed by atoms with van der Waals surface area (Å²) in [5.41, 5.74) is 6.34. The Morgan fingerprint density at radius 3 is 1.25 bits per heavy atom. The van der Waals surface area contributed by atoms with Crippen LogP contribution in [0.4, 0.5) is 5.69 Å². The quantitative estimate of drug-likeness (QED) is 0.195. The van der Waals surface area contributed by atoms with Crippen LogP contribution in [0.5, 0.6) is 5.75 Å². The van der Waals surface area contributed by atoms with Gasteiger partial charge in [0.05, 0.1) is 92.0 Å². The smallest absolute Gasteiger partial charge is 0.119 e. The first kappa shape index (κ1) is 28.6. The molecule has 0 aliphatic carbocycles. The predicted molar refractivity (Wildman–Crippen MR) is 122 cm³/mol. The molecule has 1 rings (SSSR count). The lowest BCUT2D eigenvalue weighted by molar-refractivity contribution is -0.0242. The molecule has 1 aromatic carbocycles. The van der Waals surface area contributed by atoms with Gasteiger partial charge in [-0.15, -0.1) is 0 Å². The third-order valence-electron chi connectivity index (χ3n) is 3.92. The molecule has 9 heteroatoms. The van der Waals surface area contributed by atoms with Crippen LogP contribution in [0.25, 0.3) is 0 Å². The Morgan fingerprint density at radius 1 is 0.531 bits per heavy atom. The fourth-order valence-corrected chi connectivity index (χ4v) is 2.33. The van der Waals surface area contributed by atoms with Gasteiger partial charge in [0.1, 0.15) is 12.4 Å². The lowest BCUT2D eigenvalue weighted by Crippen LogP contribution is -2.15. The number of hydrogen-bond acceptors (Lipinski definition) is 9. The van der Waals surface area contributed by atoms with E-state index in [0.717, 1.165) is 5.75 Å². The maximum Gasteiger partial charge on any atom is 0.119 e. The van der Waals surface area contributed by atoms with Crippen molar-refractivity contribution in [2.24, 2.45) is 0 Å². The van der Waals surface area contributed by atoms with Crippen molar-refractivity contribution in [3.8, 4) is 5.75 Å². The van der Waals surface area contributed by atoms with Gasteiger partial charge in [-0.25, -0.2) is 0 Å². The zero-order chi connectivity index (χ0) is 23.1. The Morgan fingerprint density at radius 2 is 0.875 bits per heavy atom. The molecule has 0 aliphatic heterocycles. The predicted octanol–water partition coefficient (Wildman–Crippen LogP) is 2.17. The number of benzene rings is 1. The van der Waals surface area contributed by atoms with Crippen molar-refractivity contribution >= 4 is 5.69 Å². The second kappa shape index (κ2) is 21.4. The summed E-state index contributed by atoms with van der Waals surface area (Å²) in [4.78, 5) is 0. The fourth-order valence-electron chi connectivity index (χ4n) is 2.33. The molecule has 9 nitrogen and oxygen atoms in total. The van der Waals surface area contributed by atoms with Crippen LogP contribution in [0.2, 0.25) is 0 Å². The molecule has 0 heterocycles. The summed E-state index contributed by atoms with van der Waals surface area (Å²) in [6, 6.07) is 7.27. The van der Waals surface area contributed by atoms with E-state index in [1.807, 2.05) is 26.0 Å². The average molecular weight is 460 g/mol. The van der Waals surface area contributed by atoms with Gasteiger partial charge in [-0.3, -0.25) is 0 Å². The summed E-state index contributed by atoms with van der Waals surface area (Å²) in [5.74, 6) is 0.779. The van der Waals surface area contributed by atoms with Crippen molar-refractivity contribution in [3.05, 3.63) is 24.3 Å². The van der Waals surface area contributed by atoms with Crippen LogP contribution < -0.4 is 10.5 Å². The number of nitrogens with two attached hydrogens (primary N) is 1. The highest BCUT2D eigenvalue weighted by Gasteiger charge is 1.96. The summed E-state index contributed by atoms with van der Waals surface area (Å²) < 4.78 is 43.5. The largest absolute Gasteiger partial charge is 0.491 e. The topological polar surface area (TPSA) is 99.9 Å². The molecular weight excluding hydrogens is 418 g/mol. The monoisotopic (exact) mass is 459 g/mol. The van der Waals surface area contributed by atoms with Crippen molar-refractivity contribution < 1.29 is 37.9 Å². The molecule has 32 heavy (non-hydrogen) atoms. The van der Waals surface area contributed by atoms with Gasteiger partial charge in [-0.05, 0) is 38.1 Å². The molecule has 0 aromatic heterocycles. The summed E-state index contributed by atoms with van der Waals surface area (Å²) in [7, 11) is 0. The molecule has 0 radical (unpaired) electrons. The van der Waals surface area contributed by atoms with Crippen molar-refractivity contribution in [2.75, 3.05) is 98.2 Å². The van der Waals surface area contributed by atoms with Crippen molar-refractivity contribution in [3.63, 3.8) is 0 Å². The zero-order valence-electron chi connectivity index (χ0n) is 19.6. The highest BCUT2D eigenvalue weighted by molar-refractivity contribution is 5.41. The van der Waals surface area contributed by atoms with Crippen LogP contribution in [-0.4, -0.2) is 98.6 Å². The minimum atomic E-state index is 0.237. The summed E-state index contributed by atoms with van der Waals surface area (Å²) in [6.45, 7) is 11.5. The van der Waals surface area contributed by atoms with Crippen LogP contribution in [-0.2, 0) is 33.2 Å². The lowest BCUT2D eigenvalue weighted by atomic mass is 10.3. The first-order valence-electron chi connectivity index (χ1n) is 11.2. The Hall–Kier alpha value is -1.46. The first-order valence-corrected chi connectivity index (χ1v) is 11.2. The molecule has 0 amide bonds. The van der Waals surface area contributed by atoms with Gasteiger partial charge in [-0.2, -0.15) is 0 Å². The van der Waals surface area contributed by atoms with Crippen LogP contribution in [0, 0.1) is 0 Å². The molecule has 0 atom stereocenters. The van der Waals surface area contributed by atoms with Crippen LogP contribution >= 0.6 is 0 Å². The molecule has 1 aromatic rings. The van der Waals surface area contributed by atoms with Gasteiger partial charge in [0.25, 0.3) is 0 Å². The highest BCUT2D eigenvalue weighted by Crippen LogP contribution is 2.12. The third kappa shape index (κ3) is 19.2. The van der Waals surface area contributed by atoms with E-state index >= 15 is 0 Å². The highest BCUT2D eigenvalue weighted by atomic mass is 16.6. The van der Waals surface area contributed by atoms with Crippen molar-refractivity contribution in [2.45, 2.75) is 20.0 Å². The van der Waals surface area contributed by atoms with E-state index in [4.69, 9.17) is 43.6 Å². The van der Waals surface area contributed by atoms with E-state index in [-0.39, 0.29) is 6.10 Å². The van der Waals surface area contributed by atoms with Crippen molar-refractivity contribution in [1.82, 2.24) is 0 Å². The lowest BCUT2D eigenvalue weighted by Gasteiger charge is -2.09. The van der Waals surface area contributed by atoms with Crippen LogP contribution in [0.15, 0.2) is 24.3 Å². The van der Waals surface area contributed by atoms with Gasteiger partial charge >= 0.3 is 0 Å². The van der Waals surface area contributed by atoms with E-state index < -0.39 is 0 Å². The average Bonchev–Trinajstić information content (AvgIpc) is 2.78. The van der Waals surface area contributed by atoms with Crippen molar-refractivity contribution in [1.29, 1.82) is 0 Å². The molecule has 2 N–H and O–H groups in total. The number of rotatable bonds is 23. The van der Waals surface area contributed by atoms with E-state index in [0.29, 0.717) is 98.2 Å². The summed E-state index contributed by atoms with van der Waals surface area (Å²) >= 11 is 0. The third-order valence-corrected chi connectivity index (χ3v) is 3.92. The molecule has 0 fully saturated rings. The zero-order valence-corrected chi connectivity index (χ0v) is 19.6. The number of hydrogen-bond donors (Lipinski definition) is 1.